The van der Waals surface area contributed by atoms with Crippen LogP contribution in [0, 0.1) is 13.8 Å². The van der Waals surface area contributed by atoms with Gasteiger partial charge in [-0.1, -0.05) is 6.07 Å². The van der Waals surface area contributed by atoms with Gasteiger partial charge in [-0.15, -0.1) is 0 Å². The molecule has 1 aliphatic rings. The van der Waals surface area contributed by atoms with Crippen LogP contribution in [-0.2, 0) is 4.74 Å². The Labute approximate surface area is 154 Å². The number of aryl methyl sites for hydroxylation is 2. The number of aromatic nitrogens is 1. The Morgan fingerprint density at radius 2 is 1.88 bits per heavy atom. The van der Waals surface area contributed by atoms with Crippen LogP contribution in [0.5, 0.6) is 0 Å². The topological polar surface area (TPSA) is 66.5 Å². The van der Waals surface area contributed by atoms with Crippen LogP contribution in [0.25, 0.3) is 0 Å². The highest BCUT2D eigenvalue weighted by molar-refractivity contribution is 5.94. The van der Waals surface area contributed by atoms with Crippen LogP contribution in [0.1, 0.15) is 21.5 Å². The maximum atomic E-state index is 12.2. The van der Waals surface area contributed by atoms with Crippen molar-refractivity contribution in [3.63, 3.8) is 0 Å². The number of nitrogens with one attached hydrogen (secondary N) is 2. The Balaban J connectivity index is 1.50. The van der Waals surface area contributed by atoms with E-state index in [0.717, 1.165) is 44.4 Å². The van der Waals surface area contributed by atoms with Gasteiger partial charge in [-0.2, -0.15) is 0 Å². The van der Waals surface area contributed by atoms with Gasteiger partial charge >= 0.3 is 0 Å². The fraction of sp³-hybridized carbons (Fsp3) is 0.400. The van der Waals surface area contributed by atoms with E-state index in [1.807, 2.05) is 6.07 Å². The molecule has 6 heteroatoms. The van der Waals surface area contributed by atoms with Crippen molar-refractivity contribution >= 4 is 17.4 Å². The summed E-state index contributed by atoms with van der Waals surface area (Å²) >= 11 is 0. The molecule has 2 aromatic rings. The zero-order valence-corrected chi connectivity index (χ0v) is 15.4. The predicted octanol–water partition coefficient (Wildman–Crippen LogP) is 2.50. The zero-order chi connectivity index (χ0) is 18.4. The molecule has 0 atom stereocenters. The smallest absolute Gasteiger partial charge is 0.252 e. The summed E-state index contributed by atoms with van der Waals surface area (Å²) in [6, 6.07) is 9.89. The van der Waals surface area contributed by atoms with Crippen LogP contribution in [0.2, 0.25) is 0 Å². The van der Waals surface area contributed by atoms with E-state index < -0.39 is 0 Å². The number of pyridine rings is 1. The van der Waals surface area contributed by atoms with Crippen molar-refractivity contribution in [1.82, 2.24) is 15.2 Å². The van der Waals surface area contributed by atoms with Gasteiger partial charge in [0.15, 0.2) is 0 Å². The Hall–Kier alpha value is -2.44. The van der Waals surface area contributed by atoms with Crippen LogP contribution in [0.4, 0.5) is 11.5 Å². The minimum atomic E-state index is -0.0938. The first-order chi connectivity index (χ1) is 12.6. The van der Waals surface area contributed by atoms with Gasteiger partial charge in [-0.05, 0) is 49.2 Å². The van der Waals surface area contributed by atoms with Crippen molar-refractivity contribution < 1.29 is 9.53 Å². The molecule has 0 unspecified atom stereocenters. The summed E-state index contributed by atoms with van der Waals surface area (Å²) in [6.45, 7) is 8.99. The van der Waals surface area contributed by atoms with Crippen molar-refractivity contribution in [2.75, 3.05) is 44.7 Å². The number of anilines is 2. The SMILES string of the molecule is Cc1cc(C)cc(Nc2ccc(C(=O)NCCN3CCOCC3)cn2)c1. The largest absolute Gasteiger partial charge is 0.379 e. The van der Waals surface area contributed by atoms with Crippen molar-refractivity contribution in [1.29, 1.82) is 0 Å². The second-order valence-electron chi connectivity index (χ2n) is 6.64. The third-order valence-corrected chi connectivity index (χ3v) is 4.34. The van der Waals surface area contributed by atoms with E-state index in [2.05, 4.69) is 52.6 Å². The lowest BCUT2D eigenvalue weighted by Crippen LogP contribution is -2.41. The van der Waals surface area contributed by atoms with Crippen molar-refractivity contribution in [2.24, 2.45) is 0 Å². The molecule has 0 spiro atoms. The number of ether oxygens (including phenoxy) is 1. The summed E-state index contributed by atoms with van der Waals surface area (Å²) in [6.07, 6.45) is 1.61. The number of nitrogens with zero attached hydrogens (tertiary/aromatic N) is 2. The number of hydrogen-bond donors (Lipinski definition) is 2. The lowest BCUT2D eigenvalue weighted by Gasteiger charge is -2.26. The van der Waals surface area contributed by atoms with Crippen LogP contribution in [0.3, 0.4) is 0 Å². The van der Waals surface area contributed by atoms with E-state index in [0.29, 0.717) is 12.1 Å². The number of carbonyl (C=O) groups is 1. The molecule has 0 saturated carbocycles. The first-order valence-corrected chi connectivity index (χ1v) is 9.00. The number of hydrogen-bond acceptors (Lipinski definition) is 5. The second kappa shape index (κ2) is 8.78. The van der Waals surface area contributed by atoms with Gasteiger partial charge in [0.2, 0.25) is 0 Å². The Kier molecular flexibility index (Phi) is 6.20. The molecule has 2 N–H and O–H groups in total. The maximum absolute atomic E-state index is 12.2. The van der Waals surface area contributed by atoms with Gasteiger partial charge in [0.1, 0.15) is 5.82 Å². The maximum Gasteiger partial charge on any atom is 0.252 e. The fourth-order valence-corrected chi connectivity index (χ4v) is 3.05. The summed E-state index contributed by atoms with van der Waals surface area (Å²) in [7, 11) is 0. The van der Waals surface area contributed by atoms with Crippen molar-refractivity contribution in [3.05, 3.63) is 53.2 Å². The van der Waals surface area contributed by atoms with Gasteiger partial charge in [-0.25, -0.2) is 4.98 Å². The molecule has 1 aromatic heterocycles. The number of rotatable bonds is 6. The van der Waals surface area contributed by atoms with Crippen LogP contribution in [0.15, 0.2) is 36.5 Å². The van der Waals surface area contributed by atoms with E-state index in [-0.39, 0.29) is 5.91 Å². The lowest BCUT2D eigenvalue weighted by atomic mass is 10.1. The van der Waals surface area contributed by atoms with Crippen molar-refractivity contribution in [2.45, 2.75) is 13.8 Å². The first kappa shape index (κ1) is 18.4. The molecule has 1 amide bonds. The Morgan fingerprint density at radius 1 is 1.15 bits per heavy atom. The molecule has 6 nitrogen and oxygen atoms in total. The molecule has 0 radical (unpaired) electrons. The molecule has 1 aliphatic heterocycles. The highest BCUT2D eigenvalue weighted by Crippen LogP contribution is 2.18. The molecule has 26 heavy (non-hydrogen) atoms. The van der Waals surface area contributed by atoms with Crippen LogP contribution >= 0.6 is 0 Å². The molecule has 0 bridgehead atoms. The third kappa shape index (κ3) is 5.28. The summed E-state index contributed by atoms with van der Waals surface area (Å²) in [5.74, 6) is 0.628. The zero-order valence-electron chi connectivity index (χ0n) is 15.4. The summed E-state index contributed by atoms with van der Waals surface area (Å²) in [5.41, 5.74) is 3.96. The molecule has 138 valence electrons. The normalized spacial score (nSPS) is 14.8. The minimum absolute atomic E-state index is 0.0938. The molecule has 1 fully saturated rings. The highest BCUT2D eigenvalue weighted by Gasteiger charge is 2.11. The fourth-order valence-electron chi connectivity index (χ4n) is 3.05. The predicted molar refractivity (Wildman–Crippen MR) is 103 cm³/mol. The van der Waals surface area contributed by atoms with Crippen molar-refractivity contribution in [3.8, 4) is 0 Å². The van der Waals surface area contributed by atoms with Crippen LogP contribution in [-0.4, -0.2) is 55.2 Å². The van der Waals surface area contributed by atoms with E-state index >= 15 is 0 Å². The molecular weight excluding hydrogens is 328 g/mol. The molecule has 3 rings (SSSR count). The molecule has 1 aromatic carbocycles. The molecule has 2 heterocycles. The standard InChI is InChI=1S/C20H26N4O2/c1-15-11-16(2)13-18(12-15)23-19-4-3-17(14-22-19)20(25)21-5-6-24-7-9-26-10-8-24/h3-4,11-14H,5-10H2,1-2H3,(H,21,25)(H,22,23). The minimum Gasteiger partial charge on any atom is -0.379 e. The molecule has 1 saturated heterocycles. The second-order valence-corrected chi connectivity index (χ2v) is 6.64. The number of amides is 1. The quantitative estimate of drug-likeness (QED) is 0.834. The van der Waals surface area contributed by atoms with Gasteiger partial charge in [-0.3, -0.25) is 9.69 Å². The highest BCUT2D eigenvalue weighted by atomic mass is 16.5. The average Bonchev–Trinajstić information content (AvgIpc) is 2.62. The van der Waals surface area contributed by atoms with Gasteiger partial charge in [0.05, 0.1) is 18.8 Å². The Bertz CT molecular complexity index is 720. The van der Waals surface area contributed by atoms with Gasteiger partial charge < -0.3 is 15.4 Å². The van der Waals surface area contributed by atoms with Gasteiger partial charge in [0, 0.05) is 38.1 Å². The summed E-state index contributed by atoms with van der Waals surface area (Å²) < 4.78 is 5.32. The molecule has 0 aliphatic carbocycles. The first-order valence-electron chi connectivity index (χ1n) is 9.00. The number of carbonyl (C=O) groups excluding carboxylic acids is 1. The third-order valence-electron chi connectivity index (χ3n) is 4.34. The average molecular weight is 354 g/mol. The van der Waals surface area contributed by atoms with Crippen LogP contribution < -0.4 is 10.6 Å². The Morgan fingerprint density at radius 3 is 2.54 bits per heavy atom. The van der Waals surface area contributed by atoms with E-state index in [9.17, 15) is 4.79 Å². The number of morpholine rings is 1. The van der Waals surface area contributed by atoms with Gasteiger partial charge in [0.25, 0.3) is 5.91 Å². The van der Waals surface area contributed by atoms with E-state index in [4.69, 9.17) is 4.74 Å². The number of benzene rings is 1. The summed E-state index contributed by atoms with van der Waals surface area (Å²) in [4.78, 5) is 18.9. The summed E-state index contributed by atoms with van der Waals surface area (Å²) in [5, 5.41) is 6.23. The van der Waals surface area contributed by atoms with E-state index in [1.54, 1.807) is 12.3 Å². The lowest BCUT2D eigenvalue weighted by molar-refractivity contribution is 0.0383. The monoisotopic (exact) mass is 354 g/mol. The molecular formula is C20H26N4O2. The van der Waals surface area contributed by atoms with E-state index in [1.165, 1.54) is 11.1 Å².